The summed E-state index contributed by atoms with van der Waals surface area (Å²) in [6.45, 7) is 2.43. The van der Waals surface area contributed by atoms with E-state index in [-0.39, 0.29) is 6.61 Å². The molecule has 1 unspecified atom stereocenters. The number of urea groups is 1. The van der Waals surface area contributed by atoms with Gasteiger partial charge in [-0.1, -0.05) is 18.2 Å². The Morgan fingerprint density at radius 1 is 1.07 bits per heavy atom. The highest BCUT2D eigenvalue weighted by atomic mass is 16.5. The van der Waals surface area contributed by atoms with E-state index in [2.05, 4.69) is 10.6 Å². The van der Waals surface area contributed by atoms with E-state index in [1.54, 1.807) is 31.2 Å². The summed E-state index contributed by atoms with van der Waals surface area (Å²) in [4.78, 5) is 36.2. The Morgan fingerprint density at radius 2 is 1.76 bits per heavy atom. The number of esters is 2. The minimum Gasteiger partial charge on any atom is -0.466 e. The zero-order valence-electron chi connectivity index (χ0n) is 16.2. The molecule has 0 saturated carbocycles. The van der Waals surface area contributed by atoms with Gasteiger partial charge in [-0.25, -0.2) is 19.0 Å². The zero-order chi connectivity index (χ0) is 20.8. The van der Waals surface area contributed by atoms with Crippen molar-refractivity contribution in [1.29, 1.82) is 0 Å². The Hall–Kier alpha value is -3.68. The smallest absolute Gasteiger partial charge is 0.338 e. The van der Waals surface area contributed by atoms with Gasteiger partial charge in [0.1, 0.15) is 0 Å². The van der Waals surface area contributed by atoms with Gasteiger partial charge >= 0.3 is 18.0 Å². The molecule has 2 amide bonds. The molecular formula is C21H22N3O5+. The number of rotatable bonds is 6. The van der Waals surface area contributed by atoms with Gasteiger partial charge in [-0.15, -0.1) is 0 Å². The van der Waals surface area contributed by atoms with Gasteiger partial charge in [-0.05, 0) is 24.6 Å². The van der Waals surface area contributed by atoms with Gasteiger partial charge in [0.05, 0.1) is 24.3 Å². The number of benzene rings is 1. The third kappa shape index (κ3) is 4.78. The van der Waals surface area contributed by atoms with E-state index in [1.165, 1.54) is 7.11 Å². The van der Waals surface area contributed by atoms with Crippen molar-refractivity contribution < 1.29 is 28.4 Å². The standard InChI is InChI=1S/C21H21N3O5/c1-14-17(20(26)28-2)18(23-21(27)22-14)15-6-8-16(9-7-15)19(25)29-13-12-24-10-4-3-5-11-24/h3-11,18H,12-13H2,1-2H3,(H-,22,23,26,27)/p+1. The van der Waals surface area contributed by atoms with Crippen LogP contribution in [-0.2, 0) is 20.8 Å². The Morgan fingerprint density at radius 3 is 2.41 bits per heavy atom. The number of nitrogens with zero attached hydrogens (tertiary/aromatic N) is 1. The van der Waals surface area contributed by atoms with Gasteiger partial charge in [0.25, 0.3) is 0 Å². The molecule has 0 spiro atoms. The van der Waals surface area contributed by atoms with Crippen LogP contribution in [0.1, 0.15) is 28.9 Å². The molecular weight excluding hydrogens is 374 g/mol. The van der Waals surface area contributed by atoms with Crippen LogP contribution in [0.25, 0.3) is 0 Å². The molecule has 1 atom stereocenters. The van der Waals surface area contributed by atoms with Crippen LogP contribution in [-0.4, -0.2) is 31.7 Å². The first kappa shape index (κ1) is 20.1. The first-order chi connectivity index (χ1) is 14.0. The summed E-state index contributed by atoms with van der Waals surface area (Å²) in [6.07, 6.45) is 3.79. The average Bonchev–Trinajstić information content (AvgIpc) is 2.73. The van der Waals surface area contributed by atoms with Crippen LogP contribution in [0.2, 0.25) is 0 Å². The second-order valence-corrected chi connectivity index (χ2v) is 6.43. The Bertz CT molecular complexity index is 939. The van der Waals surface area contributed by atoms with E-state index < -0.39 is 24.0 Å². The number of carbonyl (C=O) groups is 3. The van der Waals surface area contributed by atoms with E-state index >= 15 is 0 Å². The highest BCUT2D eigenvalue weighted by molar-refractivity contribution is 5.95. The van der Waals surface area contributed by atoms with Crippen molar-refractivity contribution in [2.75, 3.05) is 13.7 Å². The van der Waals surface area contributed by atoms with E-state index in [0.29, 0.717) is 28.9 Å². The number of amides is 2. The quantitative estimate of drug-likeness (QED) is 0.571. The van der Waals surface area contributed by atoms with Crippen LogP contribution in [0.3, 0.4) is 0 Å². The molecule has 0 radical (unpaired) electrons. The van der Waals surface area contributed by atoms with Gasteiger partial charge in [-0.3, -0.25) is 0 Å². The molecule has 2 N–H and O–H groups in total. The maximum absolute atomic E-state index is 12.3. The normalized spacial score (nSPS) is 15.9. The minimum absolute atomic E-state index is 0.244. The molecule has 29 heavy (non-hydrogen) atoms. The summed E-state index contributed by atoms with van der Waals surface area (Å²) in [5.41, 5.74) is 1.76. The molecule has 8 heteroatoms. The summed E-state index contributed by atoms with van der Waals surface area (Å²) < 4.78 is 12.0. The van der Waals surface area contributed by atoms with Crippen molar-refractivity contribution in [3.8, 4) is 0 Å². The van der Waals surface area contributed by atoms with Crippen molar-refractivity contribution in [2.24, 2.45) is 0 Å². The van der Waals surface area contributed by atoms with Crippen molar-refractivity contribution in [3.63, 3.8) is 0 Å². The van der Waals surface area contributed by atoms with Gasteiger partial charge in [0.2, 0.25) is 0 Å². The molecule has 150 valence electrons. The number of hydrogen-bond acceptors (Lipinski definition) is 5. The molecule has 3 rings (SSSR count). The molecule has 1 aliphatic heterocycles. The predicted octanol–water partition coefficient (Wildman–Crippen LogP) is 1.63. The van der Waals surface area contributed by atoms with E-state index in [9.17, 15) is 14.4 Å². The fourth-order valence-electron chi connectivity index (χ4n) is 3.05. The number of ether oxygens (including phenoxy) is 2. The number of hydrogen-bond donors (Lipinski definition) is 2. The van der Waals surface area contributed by atoms with Crippen LogP contribution >= 0.6 is 0 Å². The third-order valence-corrected chi connectivity index (χ3v) is 4.51. The second kappa shape index (κ2) is 9.01. The van der Waals surface area contributed by atoms with E-state index in [4.69, 9.17) is 9.47 Å². The van der Waals surface area contributed by atoms with Crippen molar-refractivity contribution in [1.82, 2.24) is 10.6 Å². The minimum atomic E-state index is -0.671. The first-order valence-corrected chi connectivity index (χ1v) is 9.07. The second-order valence-electron chi connectivity index (χ2n) is 6.43. The Labute approximate surface area is 168 Å². The van der Waals surface area contributed by atoms with Crippen LogP contribution in [0, 0.1) is 0 Å². The van der Waals surface area contributed by atoms with Crippen molar-refractivity contribution >= 4 is 18.0 Å². The lowest BCUT2D eigenvalue weighted by atomic mass is 9.95. The van der Waals surface area contributed by atoms with Crippen molar-refractivity contribution in [3.05, 3.63) is 77.3 Å². The summed E-state index contributed by atoms with van der Waals surface area (Å²) in [6, 6.07) is 11.2. The molecule has 2 heterocycles. The maximum atomic E-state index is 12.3. The Kier molecular flexibility index (Phi) is 6.23. The monoisotopic (exact) mass is 396 g/mol. The first-order valence-electron chi connectivity index (χ1n) is 9.07. The van der Waals surface area contributed by atoms with Gasteiger partial charge < -0.3 is 20.1 Å². The molecule has 0 bridgehead atoms. The van der Waals surface area contributed by atoms with Gasteiger partial charge in [-0.2, -0.15) is 0 Å². The molecule has 2 aromatic rings. The third-order valence-electron chi connectivity index (χ3n) is 4.51. The summed E-state index contributed by atoms with van der Waals surface area (Å²) in [7, 11) is 1.28. The van der Waals surface area contributed by atoms with Gasteiger partial charge in [0.15, 0.2) is 25.5 Å². The molecule has 1 aliphatic rings. The lowest BCUT2D eigenvalue weighted by Crippen LogP contribution is -2.45. The fourth-order valence-corrected chi connectivity index (χ4v) is 3.05. The number of pyridine rings is 1. The molecule has 8 nitrogen and oxygen atoms in total. The largest absolute Gasteiger partial charge is 0.466 e. The Balaban J connectivity index is 1.68. The van der Waals surface area contributed by atoms with Crippen LogP contribution in [0.5, 0.6) is 0 Å². The van der Waals surface area contributed by atoms with Gasteiger partial charge in [0, 0.05) is 17.8 Å². The van der Waals surface area contributed by atoms with E-state index in [1.807, 2.05) is 35.2 Å². The van der Waals surface area contributed by atoms with Crippen molar-refractivity contribution in [2.45, 2.75) is 19.5 Å². The highest BCUT2D eigenvalue weighted by Gasteiger charge is 2.31. The number of carbonyl (C=O) groups excluding carboxylic acids is 3. The van der Waals surface area contributed by atoms with E-state index in [0.717, 1.165) is 0 Å². The fraction of sp³-hybridized carbons (Fsp3) is 0.238. The number of nitrogens with one attached hydrogen (secondary N) is 2. The molecule has 1 aromatic heterocycles. The summed E-state index contributed by atoms with van der Waals surface area (Å²) in [5, 5.41) is 5.27. The molecule has 0 fully saturated rings. The highest BCUT2D eigenvalue weighted by Crippen LogP contribution is 2.27. The molecule has 0 saturated heterocycles. The maximum Gasteiger partial charge on any atom is 0.338 e. The molecule has 0 aliphatic carbocycles. The SMILES string of the molecule is COC(=O)C1=C(C)NC(=O)NC1c1ccc(C(=O)OCC[n+]2ccccc2)cc1. The lowest BCUT2D eigenvalue weighted by Gasteiger charge is -2.27. The predicted molar refractivity (Wildman–Crippen MR) is 102 cm³/mol. The van der Waals surface area contributed by atoms with Crippen LogP contribution < -0.4 is 15.2 Å². The van der Waals surface area contributed by atoms with Crippen LogP contribution in [0.15, 0.2) is 66.1 Å². The lowest BCUT2D eigenvalue weighted by molar-refractivity contribution is -0.697. The van der Waals surface area contributed by atoms with Crippen LogP contribution in [0.4, 0.5) is 4.79 Å². The summed E-state index contributed by atoms with van der Waals surface area (Å²) in [5.74, 6) is -0.982. The topological polar surface area (TPSA) is 97.6 Å². The zero-order valence-corrected chi connectivity index (χ0v) is 16.2. The molecule has 1 aromatic carbocycles. The number of methoxy groups -OCH3 is 1. The average molecular weight is 396 g/mol. The number of aromatic nitrogens is 1. The summed E-state index contributed by atoms with van der Waals surface area (Å²) >= 11 is 0. The number of allylic oxidation sites excluding steroid dienone is 1.